The zero-order valence-corrected chi connectivity index (χ0v) is 20.2. The van der Waals surface area contributed by atoms with E-state index in [4.69, 9.17) is 0 Å². The van der Waals surface area contributed by atoms with Crippen molar-refractivity contribution in [1.29, 1.82) is 0 Å². The van der Waals surface area contributed by atoms with Gasteiger partial charge in [-0.05, 0) is 66.4 Å². The van der Waals surface area contributed by atoms with Crippen LogP contribution in [0.5, 0.6) is 0 Å². The van der Waals surface area contributed by atoms with Gasteiger partial charge in [0.2, 0.25) is 0 Å². The minimum absolute atomic E-state index is 0.185. The highest BCUT2D eigenvalue weighted by molar-refractivity contribution is 5.83. The highest BCUT2D eigenvalue weighted by Crippen LogP contribution is 2.30. The molecule has 3 N–H and O–H groups in total. The van der Waals surface area contributed by atoms with Crippen molar-refractivity contribution in [3.05, 3.63) is 125 Å². The minimum Gasteiger partial charge on any atom is -0.378 e. The van der Waals surface area contributed by atoms with Crippen molar-refractivity contribution >= 4 is 10.9 Å². The van der Waals surface area contributed by atoms with Crippen LogP contribution in [0, 0.1) is 24.4 Å². The number of fused-ring (bicyclic) bond motifs is 1. The van der Waals surface area contributed by atoms with Crippen molar-refractivity contribution < 1.29 is 18.3 Å². The molecule has 2 unspecified atom stereocenters. The van der Waals surface area contributed by atoms with E-state index < -0.39 is 23.9 Å². The first-order valence-electron chi connectivity index (χ1n) is 12.0. The maximum absolute atomic E-state index is 14.0. The average Bonchev–Trinajstić information content (AvgIpc) is 3.25. The molecule has 0 aliphatic rings. The second-order valence-electron chi connectivity index (χ2n) is 9.23. The Morgan fingerprint density at radius 2 is 1.65 bits per heavy atom. The Bertz CT molecular complexity index is 1510. The highest BCUT2D eigenvalue weighted by atomic mass is 19.1. The van der Waals surface area contributed by atoms with Gasteiger partial charge in [-0.3, -0.25) is 10.3 Å². The predicted molar refractivity (Wildman–Crippen MR) is 138 cm³/mol. The summed E-state index contributed by atoms with van der Waals surface area (Å²) in [5, 5.41) is 15.0. The molecule has 0 amide bonds. The zero-order chi connectivity index (χ0) is 25.9. The molecular weight excluding hydrogens is 475 g/mol. The van der Waals surface area contributed by atoms with Crippen LogP contribution >= 0.6 is 0 Å². The molecule has 0 bridgehead atoms. The Kier molecular flexibility index (Phi) is 7.08. The van der Waals surface area contributed by atoms with Gasteiger partial charge in [0.1, 0.15) is 23.7 Å². The van der Waals surface area contributed by atoms with Gasteiger partial charge in [-0.1, -0.05) is 35.9 Å². The molecular formula is C30H26F3N3O. The van der Waals surface area contributed by atoms with Crippen LogP contribution in [0.2, 0.25) is 0 Å². The fourth-order valence-corrected chi connectivity index (χ4v) is 4.69. The largest absolute Gasteiger partial charge is 0.378 e. The third-order valence-corrected chi connectivity index (χ3v) is 6.43. The number of hydrogen-bond acceptors (Lipinski definition) is 3. The third-order valence-electron chi connectivity index (χ3n) is 6.43. The van der Waals surface area contributed by atoms with Crippen LogP contribution in [-0.2, 0) is 12.8 Å². The zero-order valence-electron chi connectivity index (χ0n) is 20.2. The minimum atomic E-state index is -1.04. The first kappa shape index (κ1) is 24.7. The van der Waals surface area contributed by atoms with Gasteiger partial charge in [-0.25, -0.2) is 13.2 Å². The van der Waals surface area contributed by atoms with Gasteiger partial charge in [0.05, 0.1) is 11.7 Å². The Hall–Kier alpha value is -3.94. The topological polar surface area (TPSA) is 60.9 Å². The fourth-order valence-electron chi connectivity index (χ4n) is 4.69. The number of halogens is 3. The summed E-state index contributed by atoms with van der Waals surface area (Å²) in [4.78, 5) is 7.71. The molecule has 0 aliphatic heterocycles. The summed E-state index contributed by atoms with van der Waals surface area (Å²) in [5.74, 6) is -1.71. The quantitative estimate of drug-likeness (QED) is 0.216. The van der Waals surface area contributed by atoms with Gasteiger partial charge in [0.25, 0.3) is 0 Å². The molecule has 4 nitrogen and oxygen atoms in total. The number of rotatable bonds is 8. The molecule has 0 saturated carbocycles. The van der Waals surface area contributed by atoms with Crippen LogP contribution in [0.15, 0.2) is 85.2 Å². The van der Waals surface area contributed by atoms with E-state index >= 15 is 0 Å². The van der Waals surface area contributed by atoms with Gasteiger partial charge >= 0.3 is 0 Å². The van der Waals surface area contributed by atoms with Crippen LogP contribution in [0.25, 0.3) is 22.0 Å². The maximum Gasteiger partial charge on any atom is 0.126 e. The van der Waals surface area contributed by atoms with Gasteiger partial charge in [0, 0.05) is 41.3 Å². The van der Waals surface area contributed by atoms with Crippen LogP contribution in [0.1, 0.15) is 28.4 Å². The standard InChI is InChI=1S/C30H26F3N3O/c1-18-4-6-20(7-5-18)25-3-2-10-34-30(25)28(13-19-11-23(32)15-24(33)12-19)36-29(37)14-21-17-35-27-9-8-22(31)16-26(21)27/h2-12,15-17,28-29,35-37H,13-14H2,1H3. The summed E-state index contributed by atoms with van der Waals surface area (Å²) in [7, 11) is 0. The summed E-state index contributed by atoms with van der Waals surface area (Å²) < 4.78 is 41.8. The number of aromatic nitrogens is 2. The molecule has 0 saturated heterocycles. The van der Waals surface area contributed by atoms with E-state index in [2.05, 4.69) is 15.3 Å². The summed E-state index contributed by atoms with van der Waals surface area (Å²) in [6.45, 7) is 2.00. The summed E-state index contributed by atoms with van der Waals surface area (Å²) >= 11 is 0. The van der Waals surface area contributed by atoms with E-state index in [0.717, 1.165) is 33.8 Å². The van der Waals surface area contributed by atoms with Crippen molar-refractivity contribution in [1.82, 2.24) is 15.3 Å². The molecule has 0 radical (unpaired) electrons. The van der Waals surface area contributed by atoms with Crippen LogP contribution < -0.4 is 5.32 Å². The summed E-state index contributed by atoms with van der Waals surface area (Å²) in [6, 6.07) is 19.0. The van der Waals surface area contributed by atoms with Crippen LogP contribution in [0.3, 0.4) is 0 Å². The van der Waals surface area contributed by atoms with Crippen molar-refractivity contribution in [2.24, 2.45) is 0 Å². The Morgan fingerprint density at radius 1 is 0.892 bits per heavy atom. The maximum atomic E-state index is 14.0. The lowest BCUT2D eigenvalue weighted by atomic mass is 9.94. The van der Waals surface area contributed by atoms with E-state index in [9.17, 15) is 18.3 Å². The van der Waals surface area contributed by atoms with E-state index in [0.29, 0.717) is 16.6 Å². The lowest BCUT2D eigenvalue weighted by Gasteiger charge is -2.25. The first-order valence-corrected chi connectivity index (χ1v) is 12.0. The molecule has 2 heterocycles. The molecule has 188 valence electrons. The molecule has 7 heteroatoms. The van der Waals surface area contributed by atoms with E-state index in [1.807, 2.05) is 43.3 Å². The third kappa shape index (κ3) is 5.74. The van der Waals surface area contributed by atoms with Crippen LogP contribution in [-0.4, -0.2) is 21.3 Å². The second kappa shape index (κ2) is 10.6. The highest BCUT2D eigenvalue weighted by Gasteiger charge is 2.22. The number of aromatic amines is 1. The molecule has 0 fully saturated rings. The normalized spacial score (nSPS) is 13.1. The van der Waals surface area contributed by atoms with Crippen molar-refractivity contribution in [3.63, 3.8) is 0 Å². The number of aliphatic hydroxyl groups is 1. The monoisotopic (exact) mass is 501 g/mol. The van der Waals surface area contributed by atoms with Gasteiger partial charge in [-0.15, -0.1) is 0 Å². The number of aryl methyl sites for hydroxylation is 1. The Morgan fingerprint density at radius 3 is 2.41 bits per heavy atom. The number of hydrogen-bond donors (Lipinski definition) is 3. The Balaban J connectivity index is 1.49. The van der Waals surface area contributed by atoms with Crippen molar-refractivity contribution in [2.75, 3.05) is 0 Å². The van der Waals surface area contributed by atoms with Gasteiger partial charge in [-0.2, -0.15) is 0 Å². The van der Waals surface area contributed by atoms with E-state index in [-0.39, 0.29) is 18.7 Å². The lowest BCUT2D eigenvalue weighted by Crippen LogP contribution is -2.36. The Labute approximate surface area is 212 Å². The molecule has 5 aromatic rings. The smallest absolute Gasteiger partial charge is 0.126 e. The summed E-state index contributed by atoms with van der Waals surface area (Å²) in [6.07, 6.45) is 2.72. The molecule has 0 aliphatic carbocycles. The molecule has 5 rings (SSSR count). The van der Waals surface area contributed by atoms with Gasteiger partial charge in [0.15, 0.2) is 0 Å². The van der Waals surface area contributed by atoms with Crippen LogP contribution in [0.4, 0.5) is 13.2 Å². The molecule has 37 heavy (non-hydrogen) atoms. The molecule has 0 spiro atoms. The number of nitrogens with zero attached hydrogens (tertiary/aromatic N) is 1. The molecule has 2 aromatic heterocycles. The predicted octanol–water partition coefficient (Wildman–Crippen LogP) is 6.39. The van der Waals surface area contributed by atoms with E-state index in [1.165, 1.54) is 24.3 Å². The number of benzene rings is 3. The molecule has 3 aromatic carbocycles. The van der Waals surface area contributed by atoms with Crippen molar-refractivity contribution in [3.8, 4) is 11.1 Å². The first-order chi connectivity index (χ1) is 17.9. The average molecular weight is 502 g/mol. The van der Waals surface area contributed by atoms with Gasteiger partial charge < -0.3 is 10.1 Å². The SMILES string of the molecule is Cc1ccc(-c2cccnc2C(Cc2cc(F)cc(F)c2)NC(O)Cc2c[nH]c3ccc(F)cc23)cc1. The number of aliphatic hydroxyl groups excluding tert-OH is 1. The lowest BCUT2D eigenvalue weighted by molar-refractivity contribution is 0.121. The summed E-state index contributed by atoms with van der Waals surface area (Å²) in [5.41, 5.74) is 5.47. The number of H-pyrrole nitrogens is 1. The fraction of sp³-hybridized carbons (Fsp3) is 0.167. The number of nitrogens with one attached hydrogen (secondary N) is 2. The molecule has 2 atom stereocenters. The van der Waals surface area contributed by atoms with Crippen molar-refractivity contribution in [2.45, 2.75) is 32.0 Å². The second-order valence-corrected chi connectivity index (χ2v) is 9.23. The van der Waals surface area contributed by atoms with E-state index in [1.54, 1.807) is 18.5 Å². The number of pyridine rings is 1.